The molecule has 24 heavy (non-hydrogen) atoms. The monoisotopic (exact) mass is 338 g/mol. The largest absolute Gasteiger partial charge is 0.391 e. The highest BCUT2D eigenvalue weighted by atomic mass is 19.4. The first kappa shape index (κ1) is 17.5. The molecule has 0 saturated carbocycles. The lowest BCUT2D eigenvalue weighted by molar-refractivity contribution is -0.185. The predicted octanol–water partition coefficient (Wildman–Crippen LogP) is 3.79. The van der Waals surface area contributed by atoms with E-state index in [9.17, 15) is 13.2 Å². The van der Waals surface area contributed by atoms with E-state index in [1.807, 2.05) is 18.2 Å². The van der Waals surface area contributed by atoms with Gasteiger partial charge in [0.05, 0.1) is 5.92 Å². The van der Waals surface area contributed by atoms with Crippen LogP contribution < -0.4 is 5.32 Å². The number of hydrogen-bond donors (Lipinski definition) is 1. The maximum atomic E-state index is 12.7. The molecule has 1 saturated heterocycles. The number of benzene rings is 1. The van der Waals surface area contributed by atoms with Crippen LogP contribution in [0.1, 0.15) is 24.8 Å². The molecule has 1 fully saturated rings. The molecule has 0 amide bonds. The molecule has 2 atom stereocenters. The molecule has 0 aromatic heterocycles. The third-order valence-corrected chi connectivity index (χ3v) is 5.19. The van der Waals surface area contributed by atoms with Crippen LogP contribution in [-0.2, 0) is 6.42 Å². The average molecular weight is 338 g/mol. The quantitative estimate of drug-likeness (QED) is 0.822. The van der Waals surface area contributed by atoms with Gasteiger partial charge in [-0.1, -0.05) is 42.5 Å². The first-order chi connectivity index (χ1) is 11.5. The second kappa shape index (κ2) is 7.70. The summed E-state index contributed by atoms with van der Waals surface area (Å²) in [5.74, 6) is -1.11. The van der Waals surface area contributed by atoms with E-state index in [4.69, 9.17) is 0 Å². The molecule has 3 rings (SSSR count). The topological polar surface area (TPSA) is 15.3 Å². The highest BCUT2D eigenvalue weighted by Gasteiger charge is 2.42. The Kier molecular flexibility index (Phi) is 5.61. The fourth-order valence-electron chi connectivity index (χ4n) is 3.71. The minimum absolute atomic E-state index is 0.236. The van der Waals surface area contributed by atoms with Gasteiger partial charge < -0.3 is 5.32 Å². The van der Waals surface area contributed by atoms with E-state index >= 15 is 0 Å². The van der Waals surface area contributed by atoms with E-state index in [0.29, 0.717) is 19.1 Å². The lowest BCUT2D eigenvalue weighted by Gasteiger charge is -2.36. The summed E-state index contributed by atoms with van der Waals surface area (Å²) in [7, 11) is 0. The van der Waals surface area contributed by atoms with Crippen LogP contribution >= 0.6 is 0 Å². The fraction of sp³-hybridized carbons (Fsp3) is 0.579. The van der Waals surface area contributed by atoms with Crippen LogP contribution in [0.2, 0.25) is 0 Å². The third kappa shape index (κ3) is 4.61. The molecule has 5 heteroatoms. The maximum absolute atomic E-state index is 12.7. The molecule has 1 aliphatic heterocycles. The summed E-state index contributed by atoms with van der Waals surface area (Å²) >= 11 is 0. The number of likely N-dealkylation sites (tertiary alicyclic amines) is 1. The summed E-state index contributed by atoms with van der Waals surface area (Å²) in [5, 5.41) is 3.54. The molecule has 1 aromatic rings. The van der Waals surface area contributed by atoms with E-state index in [1.165, 1.54) is 5.56 Å². The van der Waals surface area contributed by atoms with Gasteiger partial charge in [-0.25, -0.2) is 0 Å². The number of rotatable bonds is 5. The molecule has 1 aromatic carbocycles. The van der Waals surface area contributed by atoms with Gasteiger partial charge in [0.25, 0.3) is 0 Å². The van der Waals surface area contributed by atoms with Crippen molar-refractivity contribution in [2.24, 2.45) is 5.92 Å². The van der Waals surface area contributed by atoms with Crippen molar-refractivity contribution in [3.8, 4) is 0 Å². The number of hydrogen-bond acceptors (Lipinski definition) is 2. The Morgan fingerprint density at radius 3 is 2.42 bits per heavy atom. The first-order valence-electron chi connectivity index (χ1n) is 8.79. The van der Waals surface area contributed by atoms with Gasteiger partial charge in [0.2, 0.25) is 0 Å². The van der Waals surface area contributed by atoms with Crippen LogP contribution in [0.3, 0.4) is 0 Å². The van der Waals surface area contributed by atoms with E-state index in [0.717, 1.165) is 19.4 Å². The Morgan fingerprint density at radius 1 is 1.04 bits per heavy atom. The van der Waals surface area contributed by atoms with Gasteiger partial charge in [-0.2, -0.15) is 13.2 Å². The summed E-state index contributed by atoms with van der Waals surface area (Å²) in [6.07, 6.45) is 2.73. The number of piperidine rings is 1. The highest BCUT2D eigenvalue weighted by Crippen LogP contribution is 2.35. The van der Waals surface area contributed by atoms with Crippen LogP contribution in [-0.4, -0.2) is 42.8 Å². The summed E-state index contributed by atoms with van der Waals surface area (Å²) in [4.78, 5) is 2.21. The van der Waals surface area contributed by atoms with Crippen molar-refractivity contribution in [2.45, 2.75) is 43.9 Å². The zero-order valence-electron chi connectivity index (χ0n) is 13.8. The van der Waals surface area contributed by atoms with Crippen molar-refractivity contribution in [2.75, 3.05) is 19.6 Å². The van der Waals surface area contributed by atoms with Gasteiger partial charge in [0, 0.05) is 12.1 Å². The second-order valence-corrected chi connectivity index (χ2v) is 6.84. The van der Waals surface area contributed by atoms with E-state index in [2.05, 4.69) is 34.5 Å². The molecule has 0 bridgehead atoms. The predicted molar refractivity (Wildman–Crippen MR) is 89.8 cm³/mol. The minimum atomic E-state index is -4.03. The summed E-state index contributed by atoms with van der Waals surface area (Å²) in [6, 6.07) is 11.0. The van der Waals surface area contributed by atoms with Crippen LogP contribution in [0.25, 0.3) is 0 Å². The van der Waals surface area contributed by atoms with Crippen LogP contribution in [0.5, 0.6) is 0 Å². The minimum Gasteiger partial charge on any atom is -0.310 e. The summed E-state index contributed by atoms with van der Waals surface area (Å²) < 4.78 is 38.2. The number of halogens is 3. The van der Waals surface area contributed by atoms with Gasteiger partial charge in [-0.3, -0.25) is 4.90 Å². The second-order valence-electron chi connectivity index (χ2n) is 6.84. The lowest BCUT2D eigenvalue weighted by Crippen LogP contribution is -2.44. The molecule has 0 unspecified atom stereocenters. The molecule has 1 aliphatic carbocycles. The smallest absolute Gasteiger partial charge is 0.310 e. The van der Waals surface area contributed by atoms with Crippen molar-refractivity contribution in [3.05, 3.63) is 48.0 Å². The molecule has 1 heterocycles. The van der Waals surface area contributed by atoms with E-state index in [-0.39, 0.29) is 18.9 Å². The molecule has 2 nitrogen and oxygen atoms in total. The Hall–Kier alpha value is -1.33. The number of nitrogens with one attached hydrogen (secondary N) is 1. The van der Waals surface area contributed by atoms with Gasteiger partial charge in [-0.05, 0) is 50.9 Å². The van der Waals surface area contributed by atoms with Crippen molar-refractivity contribution < 1.29 is 13.2 Å². The summed E-state index contributed by atoms with van der Waals surface area (Å²) in [5.41, 5.74) is 1.32. The fourth-order valence-corrected chi connectivity index (χ4v) is 3.71. The zero-order chi connectivity index (χ0) is 17.0. The van der Waals surface area contributed by atoms with Crippen molar-refractivity contribution in [1.82, 2.24) is 10.2 Å². The van der Waals surface area contributed by atoms with Crippen LogP contribution in [0, 0.1) is 5.92 Å². The maximum Gasteiger partial charge on any atom is 0.391 e. The van der Waals surface area contributed by atoms with Crippen molar-refractivity contribution >= 4 is 0 Å². The lowest BCUT2D eigenvalue weighted by atomic mass is 9.95. The van der Waals surface area contributed by atoms with Gasteiger partial charge in [0.1, 0.15) is 0 Å². The number of alkyl halides is 3. The third-order valence-electron chi connectivity index (χ3n) is 5.19. The van der Waals surface area contributed by atoms with Gasteiger partial charge in [0.15, 0.2) is 0 Å². The Balaban J connectivity index is 1.38. The summed E-state index contributed by atoms with van der Waals surface area (Å²) in [6.45, 7) is 2.02. The Morgan fingerprint density at radius 2 is 1.75 bits per heavy atom. The SMILES string of the molecule is FC(F)(F)C1CCN([C@H]2C=C[C@@H](NCCc3ccccc3)C2)CC1. The molecule has 0 radical (unpaired) electrons. The number of nitrogens with zero attached hydrogens (tertiary/aromatic N) is 1. The normalized spacial score (nSPS) is 26.1. The molecule has 2 aliphatic rings. The Bertz CT molecular complexity index is 533. The standard InChI is InChI=1S/C19H25F3N2/c20-19(21,22)16-9-12-24(13-10-16)18-7-6-17(14-18)23-11-8-15-4-2-1-3-5-15/h1-7,16-18,23H,8-14H2/t17-,18+/m1/s1. The first-order valence-corrected chi connectivity index (χ1v) is 8.79. The van der Waals surface area contributed by atoms with E-state index < -0.39 is 12.1 Å². The molecule has 0 spiro atoms. The average Bonchev–Trinajstić information content (AvgIpc) is 3.04. The molecular weight excluding hydrogens is 313 g/mol. The van der Waals surface area contributed by atoms with Gasteiger partial charge >= 0.3 is 6.18 Å². The Labute approximate surface area is 141 Å². The van der Waals surface area contributed by atoms with Crippen molar-refractivity contribution in [1.29, 1.82) is 0 Å². The zero-order valence-corrected chi connectivity index (χ0v) is 13.8. The highest BCUT2D eigenvalue weighted by molar-refractivity contribution is 5.15. The molecule has 1 N–H and O–H groups in total. The molecular formula is C19H25F3N2. The van der Waals surface area contributed by atoms with Crippen molar-refractivity contribution in [3.63, 3.8) is 0 Å². The van der Waals surface area contributed by atoms with Crippen LogP contribution in [0.4, 0.5) is 13.2 Å². The van der Waals surface area contributed by atoms with Crippen LogP contribution in [0.15, 0.2) is 42.5 Å². The van der Waals surface area contributed by atoms with E-state index in [1.54, 1.807) is 0 Å². The molecule has 132 valence electrons. The van der Waals surface area contributed by atoms with Gasteiger partial charge in [-0.15, -0.1) is 0 Å².